The SMILES string of the molecule is CC1(C)Cc2ccccc2/C(=C/C(=O)c2ccc3ccccc3c2)N1. The first-order valence-electron chi connectivity index (χ1n) is 8.63. The van der Waals surface area contributed by atoms with Crippen LogP contribution in [0.5, 0.6) is 0 Å². The molecule has 0 unspecified atom stereocenters. The molecule has 1 aliphatic heterocycles. The van der Waals surface area contributed by atoms with Gasteiger partial charge in [0.05, 0.1) is 0 Å². The normalized spacial score (nSPS) is 17.1. The van der Waals surface area contributed by atoms with Crippen molar-refractivity contribution >= 4 is 22.3 Å². The van der Waals surface area contributed by atoms with Gasteiger partial charge in [-0.05, 0) is 42.7 Å². The van der Waals surface area contributed by atoms with Gasteiger partial charge < -0.3 is 5.32 Å². The first-order chi connectivity index (χ1) is 12.0. The minimum absolute atomic E-state index is 0.0285. The molecule has 0 saturated carbocycles. The number of hydrogen-bond donors (Lipinski definition) is 1. The monoisotopic (exact) mass is 327 g/mol. The van der Waals surface area contributed by atoms with Crippen molar-refractivity contribution in [1.82, 2.24) is 5.32 Å². The van der Waals surface area contributed by atoms with E-state index in [-0.39, 0.29) is 11.3 Å². The third kappa shape index (κ3) is 3.08. The van der Waals surface area contributed by atoms with E-state index in [9.17, 15) is 4.79 Å². The molecule has 124 valence electrons. The molecule has 1 aliphatic rings. The van der Waals surface area contributed by atoms with Gasteiger partial charge in [-0.25, -0.2) is 0 Å². The molecule has 2 heteroatoms. The highest BCUT2D eigenvalue weighted by atomic mass is 16.1. The predicted octanol–water partition coefficient (Wildman–Crippen LogP) is 4.99. The Kier molecular flexibility index (Phi) is 3.69. The molecule has 0 spiro atoms. The molecule has 0 atom stereocenters. The zero-order chi connectivity index (χ0) is 17.4. The molecule has 1 heterocycles. The number of carbonyl (C=O) groups is 1. The van der Waals surface area contributed by atoms with Crippen molar-refractivity contribution in [2.45, 2.75) is 25.8 Å². The number of fused-ring (bicyclic) bond motifs is 2. The Morgan fingerprint density at radius 1 is 0.960 bits per heavy atom. The van der Waals surface area contributed by atoms with Crippen LogP contribution >= 0.6 is 0 Å². The molecule has 3 aromatic carbocycles. The lowest BCUT2D eigenvalue weighted by atomic mass is 9.85. The maximum absolute atomic E-state index is 12.9. The van der Waals surface area contributed by atoms with Crippen LogP contribution in [-0.2, 0) is 6.42 Å². The number of hydrogen-bond acceptors (Lipinski definition) is 2. The Morgan fingerprint density at radius 3 is 2.52 bits per heavy atom. The van der Waals surface area contributed by atoms with Crippen molar-refractivity contribution in [2.75, 3.05) is 0 Å². The summed E-state index contributed by atoms with van der Waals surface area (Å²) < 4.78 is 0. The highest BCUT2D eigenvalue weighted by Crippen LogP contribution is 2.29. The number of nitrogens with one attached hydrogen (secondary N) is 1. The van der Waals surface area contributed by atoms with Crippen LogP contribution in [-0.4, -0.2) is 11.3 Å². The Labute approximate surface area is 148 Å². The van der Waals surface area contributed by atoms with Gasteiger partial charge in [0.2, 0.25) is 0 Å². The number of ketones is 1. The van der Waals surface area contributed by atoms with E-state index in [4.69, 9.17) is 0 Å². The fourth-order valence-electron chi connectivity index (χ4n) is 3.56. The van der Waals surface area contributed by atoms with Crippen molar-refractivity contribution in [3.05, 3.63) is 89.5 Å². The molecule has 0 amide bonds. The van der Waals surface area contributed by atoms with Crippen molar-refractivity contribution < 1.29 is 4.79 Å². The summed E-state index contributed by atoms with van der Waals surface area (Å²) >= 11 is 0. The lowest BCUT2D eigenvalue weighted by Crippen LogP contribution is -2.43. The second-order valence-corrected chi connectivity index (χ2v) is 7.33. The summed E-state index contributed by atoms with van der Waals surface area (Å²) in [6.45, 7) is 4.33. The minimum Gasteiger partial charge on any atom is -0.379 e. The fourth-order valence-corrected chi connectivity index (χ4v) is 3.56. The molecule has 25 heavy (non-hydrogen) atoms. The Hall–Kier alpha value is -2.87. The van der Waals surface area contributed by atoms with Crippen LogP contribution in [0.15, 0.2) is 72.8 Å². The largest absolute Gasteiger partial charge is 0.379 e. The van der Waals surface area contributed by atoms with E-state index in [0.29, 0.717) is 5.56 Å². The Bertz CT molecular complexity index is 998. The average Bonchev–Trinajstić information content (AvgIpc) is 2.60. The fraction of sp³-hybridized carbons (Fsp3) is 0.174. The van der Waals surface area contributed by atoms with E-state index in [1.54, 1.807) is 6.08 Å². The zero-order valence-corrected chi connectivity index (χ0v) is 14.5. The van der Waals surface area contributed by atoms with E-state index in [1.807, 2.05) is 42.5 Å². The van der Waals surface area contributed by atoms with Crippen molar-refractivity contribution in [3.8, 4) is 0 Å². The Balaban J connectivity index is 1.75. The first kappa shape index (κ1) is 15.6. The van der Waals surface area contributed by atoms with Crippen LogP contribution in [0.25, 0.3) is 16.5 Å². The van der Waals surface area contributed by atoms with Gasteiger partial charge in [-0.3, -0.25) is 4.79 Å². The number of benzene rings is 3. The lowest BCUT2D eigenvalue weighted by molar-refractivity contribution is 0.104. The molecule has 0 aromatic heterocycles. The lowest BCUT2D eigenvalue weighted by Gasteiger charge is -2.35. The standard InChI is InChI=1S/C23H21NO/c1-23(2)15-19-9-5-6-10-20(19)21(24-23)14-22(25)18-12-11-16-7-3-4-8-17(16)13-18/h3-14,24H,15H2,1-2H3/b21-14-. The van der Waals surface area contributed by atoms with Gasteiger partial charge in [0.15, 0.2) is 5.78 Å². The van der Waals surface area contributed by atoms with Crippen molar-refractivity contribution in [1.29, 1.82) is 0 Å². The van der Waals surface area contributed by atoms with Crippen LogP contribution in [0.2, 0.25) is 0 Å². The van der Waals surface area contributed by atoms with Gasteiger partial charge in [0.25, 0.3) is 0 Å². The molecular formula is C23H21NO. The molecule has 0 radical (unpaired) electrons. The van der Waals surface area contributed by atoms with Gasteiger partial charge >= 0.3 is 0 Å². The smallest absolute Gasteiger partial charge is 0.187 e. The van der Waals surface area contributed by atoms with Gasteiger partial charge in [0, 0.05) is 28.4 Å². The van der Waals surface area contributed by atoms with Crippen molar-refractivity contribution in [3.63, 3.8) is 0 Å². The summed E-state index contributed by atoms with van der Waals surface area (Å²) in [4.78, 5) is 12.9. The topological polar surface area (TPSA) is 29.1 Å². The van der Waals surface area contributed by atoms with E-state index in [0.717, 1.165) is 28.5 Å². The molecule has 0 fully saturated rings. The molecule has 2 nitrogen and oxygen atoms in total. The summed E-state index contributed by atoms with van der Waals surface area (Å²) in [5.41, 5.74) is 3.96. The highest BCUT2D eigenvalue weighted by Gasteiger charge is 2.27. The van der Waals surface area contributed by atoms with Crippen LogP contribution in [0.1, 0.15) is 35.3 Å². The van der Waals surface area contributed by atoms with Crippen LogP contribution in [0.3, 0.4) is 0 Å². The van der Waals surface area contributed by atoms with Crippen LogP contribution < -0.4 is 5.32 Å². The van der Waals surface area contributed by atoms with Gasteiger partial charge in [-0.1, -0.05) is 60.7 Å². The summed E-state index contributed by atoms with van der Waals surface area (Å²) in [7, 11) is 0. The summed E-state index contributed by atoms with van der Waals surface area (Å²) in [6, 6.07) is 22.3. The third-order valence-corrected chi connectivity index (χ3v) is 4.72. The number of carbonyl (C=O) groups excluding carboxylic acids is 1. The Morgan fingerprint density at radius 2 is 1.68 bits per heavy atom. The number of rotatable bonds is 2. The van der Waals surface area contributed by atoms with Crippen molar-refractivity contribution in [2.24, 2.45) is 0 Å². The van der Waals surface area contributed by atoms with E-state index >= 15 is 0 Å². The highest BCUT2D eigenvalue weighted by molar-refractivity contribution is 6.10. The predicted molar refractivity (Wildman–Crippen MR) is 104 cm³/mol. The molecule has 0 aliphatic carbocycles. The zero-order valence-electron chi connectivity index (χ0n) is 14.5. The van der Waals surface area contributed by atoms with Gasteiger partial charge in [-0.15, -0.1) is 0 Å². The third-order valence-electron chi connectivity index (χ3n) is 4.72. The first-order valence-corrected chi connectivity index (χ1v) is 8.63. The minimum atomic E-state index is -0.0656. The van der Waals surface area contributed by atoms with Crippen LogP contribution in [0.4, 0.5) is 0 Å². The van der Waals surface area contributed by atoms with E-state index < -0.39 is 0 Å². The molecule has 0 saturated heterocycles. The van der Waals surface area contributed by atoms with E-state index in [2.05, 4.69) is 43.4 Å². The summed E-state index contributed by atoms with van der Waals surface area (Å²) in [5.74, 6) is 0.0285. The second kappa shape index (κ2) is 5.89. The molecule has 0 bridgehead atoms. The molecule has 1 N–H and O–H groups in total. The maximum Gasteiger partial charge on any atom is 0.187 e. The average molecular weight is 327 g/mol. The molecule has 4 rings (SSSR count). The summed E-state index contributed by atoms with van der Waals surface area (Å²) in [5, 5.41) is 5.76. The maximum atomic E-state index is 12.9. The van der Waals surface area contributed by atoms with Gasteiger partial charge in [0.1, 0.15) is 0 Å². The quantitative estimate of drug-likeness (QED) is 0.531. The van der Waals surface area contributed by atoms with E-state index in [1.165, 1.54) is 5.56 Å². The van der Waals surface area contributed by atoms with Crippen LogP contribution in [0, 0.1) is 0 Å². The van der Waals surface area contributed by atoms with Gasteiger partial charge in [-0.2, -0.15) is 0 Å². The molecular weight excluding hydrogens is 306 g/mol. The second-order valence-electron chi connectivity index (χ2n) is 7.33. The summed E-state index contributed by atoms with van der Waals surface area (Å²) in [6.07, 6.45) is 2.69. The number of allylic oxidation sites excluding steroid dienone is 1. The molecule has 3 aromatic rings.